The number of hydrogen-bond acceptors (Lipinski definition) is 1. The van der Waals surface area contributed by atoms with E-state index in [9.17, 15) is 9.18 Å². The van der Waals surface area contributed by atoms with Crippen LogP contribution in [0.1, 0.15) is 0 Å². The van der Waals surface area contributed by atoms with Crippen LogP contribution < -0.4 is 5.32 Å². The van der Waals surface area contributed by atoms with Gasteiger partial charge in [0.2, 0.25) is 0 Å². The van der Waals surface area contributed by atoms with Gasteiger partial charge in [0.05, 0.1) is 5.69 Å². The highest BCUT2D eigenvalue weighted by molar-refractivity contribution is 9.10. The van der Waals surface area contributed by atoms with Gasteiger partial charge in [0.1, 0.15) is 5.82 Å². The van der Waals surface area contributed by atoms with E-state index in [1.54, 1.807) is 6.07 Å². The van der Waals surface area contributed by atoms with Gasteiger partial charge in [0, 0.05) is 4.47 Å². The van der Waals surface area contributed by atoms with Gasteiger partial charge < -0.3 is 5.32 Å². The van der Waals surface area contributed by atoms with Gasteiger partial charge in [-0.2, -0.15) is 0 Å². The zero-order valence-corrected chi connectivity index (χ0v) is 10.9. The molecule has 82 valence electrons. The quantitative estimate of drug-likeness (QED) is 0.775. The summed E-state index contributed by atoms with van der Waals surface area (Å²) < 4.78 is 11.7. The molecule has 0 atom stereocenters. The van der Waals surface area contributed by atoms with Crippen LogP contribution in [0.15, 0.2) is 22.7 Å². The Morgan fingerprint density at radius 2 is 2.00 bits per heavy atom. The van der Waals surface area contributed by atoms with Crippen LogP contribution in [0.4, 0.5) is 10.1 Å². The van der Waals surface area contributed by atoms with Crippen LogP contribution in [0.5, 0.6) is 0 Å². The van der Waals surface area contributed by atoms with E-state index in [0.29, 0.717) is 4.47 Å². The molecular formula is C8H4BrCl3FNO. The highest BCUT2D eigenvalue weighted by Crippen LogP contribution is 2.28. The summed E-state index contributed by atoms with van der Waals surface area (Å²) in [5.41, 5.74) is -0.0467. The maximum Gasteiger partial charge on any atom is 0.276 e. The fourth-order valence-corrected chi connectivity index (χ4v) is 1.26. The van der Waals surface area contributed by atoms with Crippen molar-refractivity contribution in [3.8, 4) is 0 Å². The molecule has 0 bridgehead atoms. The van der Waals surface area contributed by atoms with Gasteiger partial charge in [-0.15, -0.1) is 0 Å². The molecule has 15 heavy (non-hydrogen) atoms. The Kier molecular flexibility index (Phi) is 4.23. The second-order valence-electron chi connectivity index (χ2n) is 2.58. The summed E-state index contributed by atoms with van der Waals surface area (Å²) >= 11 is 19.0. The molecule has 0 aliphatic carbocycles. The maximum atomic E-state index is 13.2. The lowest BCUT2D eigenvalue weighted by Gasteiger charge is -2.11. The zero-order chi connectivity index (χ0) is 11.6. The predicted molar refractivity (Wildman–Crippen MR) is 63.0 cm³/mol. The number of amides is 1. The van der Waals surface area contributed by atoms with E-state index in [4.69, 9.17) is 34.8 Å². The summed E-state index contributed by atoms with van der Waals surface area (Å²) in [6, 6.07) is 4.10. The Balaban J connectivity index is 2.87. The smallest absolute Gasteiger partial charge is 0.276 e. The van der Waals surface area contributed by atoms with Crippen LogP contribution in [0.25, 0.3) is 0 Å². The fourth-order valence-electron chi connectivity index (χ4n) is 0.784. The second-order valence-corrected chi connectivity index (χ2v) is 5.77. The average molecular weight is 335 g/mol. The number of carbonyl (C=O) groups is 1. The van der Waals surface area contributed by atoms with Crippen molar-refractivity contribution in [1.29, 1.82) is 0 Å². The molecular weight excluding hydrogens is 331 g/mol. The summed E-state index contributed by atoms with van der Waals surface area (Å²) in [6.45, 7) is 0. The number of halogens is 5. The first-order valence-electron chi connectivity index (χ1n) is 3.64. The highest BCUT2D eigenvalue weighted by atomic mass is 79.9. The Labute approximate surface area is 109 Å². The fraction of sp³-hybridized carbons (Fsp3) is 0.125. The molecule has 1 aromatic carbocycles. The molecule has 0 aromatic heterocycles. The Bertz CT molecular complexity index is 394. The molecule has 0 spiro atoms. The van der Waals surface area contributed by atoms with E-state index in [2.05, 4.69) is 21.2 Å². The number of alkyl halides is 3. The number of benzene rings is 1. The van der Waals surface area contributed by atoms with Crippen molar-refractivity contribution in [3.05, 3.63) is 28.5 Å². The molecule has 7 heteroatoms. The number of carbonyl (C=O) groups excluding carboxylic acids is 1. The van der Waals surface area contributed by atoms with E-state index in [0.717, 1.165) is 0 Å². The summed E-state index contributed by atoms with van der Waals surface area (Å²) in [5.74, 6) is -1.53. The Hall–Kier alpha value is -0.0300. The van der Waals surface area contributed by atoms with Gasteiger partial charge in [-0.3, -0.25) is 4.79 Å². The van der Waals surface area contributed by atoms with Crippen LogP contribution in [0.2, 0.25) is 0 Å². The summed E-state index contributed by atoms with van der Waals surface area (Å²) in [5, 5.41) is 2.15. The first kappa shape index (κ1) is 13.0. The monoisotopic (exact) mass is 333 g/mol. The standard InChI is InChI=1S/C8H4BrCl3FNO/c9-4-1-2-6(5(13)3-4)14-7(15)8(10,11)12/h1-3H,(H,14,15). The molecule has 1 rings (SSSR count). The van der Waals surface area contributed by atoms with Gasteiger partial charge in [-0.25, -0.2) is 4.39 Å². The van der Waals surface area contributed by atoms with Gasteiger partial charge in [0.15, 0.2) is 0 Å². The molecule has 0 heterocycles. The number of hydrogen-bond donors (Lipinski definition) is 1. The van der Waals surface area contributed by atoms with E-state index in [1.807, 2.05) is 0 Å². The van der Waals surface area contributed by atoms with Gasteiger partial charge in [-0.05, 0) is 18.2 Å². The Morgan fingerprint density at radius 1 is 1.40 bits per heavy atom. The molecule has 0 saturated carbocycles. The van der Waals surface area contributed by atoms with E-state index in [-0.39, 0.29) is 5.69 Å². The van der Waals surface area contributed by atoms with Gasteiger partial charge in [-0.1, -0.05) is 50.7 Å². The van der Waals surface area contributed by atoms with Crippen molar-refractivity contribution >= 4 is 62.3 Å². The van der Waals surface area contributed by atoms with Crippen molar-refractivity contribution in [2.75, 3.05) is 5.32 Å². The lowest BCUT2D eigenvalue weighted by atomic mass is 10.3. The van der Waals surface area contributed by atoms with Crippen LogP contribution >= 0.6 is 50.7 Å². The van der Waals surface area contributed by atoms with E-state index in [1.165, 1.54) is 12.1 Å². The molecule has 0 saturated heterocycles. The summed E-state index contributed by atoms with van der Waals surface area (Å²) in [7, 11) is 0. The maximum absolute atomic E-state index is 13.2. The van der Waals surface area contributed by atoms with Crippen LogP contribution in [-0.4, -0.2) is 9.70 Å². The second kappa shape index (κ2) is 4.87. The average Bonchev–Trinajstić information content (AvgIpc) is 2.08. The first-order chi connectivity index (χ1) is 6.80. The molecule has 0 aliphatic heterocycles. The Morgan fingerprint density at radius 3 is 2.47 bits per heavy atom. The number of rotatable bonds is 1. The lowest BCUT2D eigenvalue weighted by molar-refractivity contribution is -0.115. The van der Waals surface area contributed by atoms with Gasteiger partial charge >= 0.3 is 0 Å². The van der Waals surface area contributed by atoms with Crippen molar-refractivity contribution in [2.45, 2.75) is 3.79 Å². The van der Waals surface area contributed by atoms with E-state index < -0.39 is 15.5 Å². The summed E-state index contributed by atoms with van der Waals surface area (Å²) in [4.78, 5) is 11.2. The minimum Gasteiger partial charge on any atom is -0.320 e. The first-order valence-corrected chi connectivity index (χ1v) is 5.56. The molecule has 1 amide bonds. The molecule has 0 unspecified atom stereocenters. The summed E-state index contributed by atoms with van der Waals surface area (Å²) in [6.07, 6.45) is 0. The largest absolute Gasteiger partial charge is 0.320 e. The van der Waals surface area contributed by atoms with Crippen molar-refractivity contribution < 1.29 is 9.18 Å². The third kappa shape index (κ3) is 3.79. The third-order valence-electron chi connectivity index (χ3n) is 1.44. The molecule has 2 nitrogen and oxygen atoms in total. The van der Waals surface area contributed by atoms with Crippen molar-refractivity contribution in [1.82, 2.24) is 0 Å². The molecule has 0 aliphatic rings. The predicted octanol–water partition coefficient (Wildman–Crippen LogP) is 3.90. The third-order valence-corrected chi connectivity index (χ3v) is 2.44. The molecule has 1 N–H and O–H groups in total. The minimum absolute atomic E-state index is 0.0467. The minimum atomic E-state index is -2.11. The molecule has 0 fully saturated rings. The van der Waals surface area contributed by atoms with Crippen molar-refractivity contribution in [2.24, 2.45) is 0 Å². The number of anilines is 1. The van der Waals surface area contributed by atoms with Gasteiger partial charge in [0.25, 0.3) is 9.70 Å². The zero-order valence-electron chi connectivity index (χ0n) is 7.03. The highest BCUT2D eigenvalue weighted by Gasteiger charge is 2.31. The SMILES string of the molecule is O=C(Nc1ccc(Br)cc1F)C(Cl)(Cl)Cl. The number of nitrogens with one attached hydrogen (secondary N) is 1. The van der Waals surface area contributed by atoms with E-state index >= 15 is 0 Å². The molecule has 1 aromatic rings. The normalized spacial score (nSPS) is 11.3. The topological polar surface area (TPSA) is 29.1 Å². The van der Waals surface area contributed by atoms with Crippen LogP contribution in [0, 0.1) is 5.82 Å². The molecule has 0 radical (unpaired) electrons. The van der Waals surface area contributed by atoms with Crippen molar-refractivity contribution in [3.63, 3.8) is 0 Å². The van der Waals surface area contributed by atoms with Crippen LogP contribution in [0.3, 0.4) is 0 Å². The lowest BCUT2D eigenvalue weighted by Crippen LogP contribution is -2.27. The van der Waals surface area contributed by atoms with Crippen LogP contribution in [-0.2, 0) is 4.79 Å².